The van der Waals surface area contributed by atoms with Gasteiger partial charge >= 0.3 is 0 Å². The number of hydrogen-bond acceptors (Lipinski definition) is 3. The maximum Gasteiger partial charge on any atom is 0.119 e. The third-order valence-electron chi connectivity index (χ3n) is 14.0. The van der Waals surface area contributed by atoms with E-state index in [2.05, 4.69) is 198 Å². The summed E-state index contributed by atoms with van der Waals surface area (Å²) in [6.07, 6.45) is 13.7. The van der Waals surface area contributed by atoms with E-state index in [9.17, 15) is 0 Å². The molecule has 4 nitrogen and oxygen atoms in total. The van der Waals surface area contributed by atoms with Crippen molar-refractivity contribution < 1.29 is 0 Å². The molecule has 284 valence electrons. The summed E-state index contributed by atoms with van der Waals surface area (Å²) in [5.41, 5.74) is 17.5. The molecule has 3 heterocycles. The van der Waals surface area contributed by atoms with Gasteiger partial charge in [-0.05, 0) is 112 Å². The summed E-state index contributed by atoms with van der Waals surface area (Å²) >= 11 is 0. The second-order valence-electron chi connectivity index (χ2n) is 17.5. The van der Waals surface area contributed by atoms with Crippen molar-refractivity contribution in [2.24, 2.45) is 5.92 Å². The molecule has 3 aliphatic carbocycles. The molecule has 7 aromatic rings. The fourth-order valence-electron chi connectivity index (χ4n) is 11.3. The molecule has 12 rings (SSSR count). The van der Waals surface area contributed by atoms with Crippen molar-refractivity contribution in [2.45, 2.75) is 69.9 Å². The van der Waals surface area contributed by atoms with E-state index in [1.807, 2.05) is 0 Å². The number of para-hydroxylation sites is 2. The average Bonchev–Trinajstić information content (AvgIpc) is 3.63. The third-order valence-corrected chi connectivity index (χ3v) is 14.0. The Balaban J connectivity index is 0.916. The highest BCUT2D eigenvalue weighted by molar-refractivity contribution is 6.11. The smallest absolute Gasteiger partial charge is 0.119 e. The quantitative estimate of drug-likeness (QED) is 0.135. The molecule has 0 spiro atoms. The Hall–Kier alpha value is -5.78. The van der Waals surface area contributed by atoms with E-state index in [0.717, 1.165) is 19.3 Å². The number of fused-ring (bicyclic) bond motifs is 7. The first kappa shape index (κ1) is 34.3. The molecule has 58 heavy (non-hydrogen) atoms. The van der Waals surface area contributed by atoms with Crippen LogP contribution in [0.1, 0.15) is 86.1 Å². The lowest BCUT2D eigenvalue weighted by Gasteiger charge is -2.29. The minimum absolute atomic E-state index is 0.0574. The Labute approximate surface area is 341 Å². The molecule has 0 saturated carbocycles. The molecule has 2 aliphatic heterocycles. The standard InChI is InChI=1S/C54H48N4/c1-54(2)46-25-12-9-20-40(46)43-23-15-24-44(50(43)54)41-21-10-13-26-47(41)56-48-27-14-11-22-42(48)45-34-39(32-33-49(45)56)35-28-30-37(31-29-35)52-55-51(36-16-5-3-6-17-36)57-53(58(52)57)38-18-7-4-8-19-38/h3-5,7-14,18-23,25-34,36,51-53,55H,6,15-17,24H2,1-2H3/t36?,51-,52?,53+,57-,58?/m1/s1. The second-order valence-corrected chi connectivity index (χ2v) is 17.5. The number of aromatic nitrogens is 1. The monoisotopic (exact) mass is 752 g/mol. The van der Waals surface area contributed by atoms with Crippen molar-refractivity contribution in [2.75, 3.05) is 0 Å². The van der Waals surface area contributed by atoms with Gasteiger partial charge in [-0.2, -0.15) is 10.0 Å². The highest BCUT2D eigenvalue weighted by Gasteiger charge is 2.61. The van der Waals surface area contributed by atoms with Gasteiger partial charge in [-0.25, -0.2) is 0 Å². The predicted molar refractivity (Wildman–Crippen MR) is 239 cm³/mol. The molecular weight excluding hydrogens is 705 g/mol. The topological polar surface area (TPSA) is 23.0 Å². The fraction of sp³-hybridized carbons (Fsp3) is 0.222. The average molecular weight is 753 g/mol. The molecule has 0 amide bonds. The van der Waals surface area contributed by atoms with Gasteiger partial charge in [0.1, 0.15) is 12.3 Å². The van der Waals surface area contributed by atoms with Crippen LogP contribution in [0.2, 0.25) is 0 Å². The van der Waals surface area contributed by atoms with Crippen LogP contribution in [0.25, 0.3) is 49.8 Å². The normalized spacial score (nSPS) is 25.4. The van der Waals surface area contributed by atoms with Gasteiger partial charge in [0.15, 0.2) is 0 Å². The minimum Gasteiger partial charge on any atom is -0.309 e. The van der Waals surface area contributed by atoms with Crippen molar-refractivity contribution in [1.29, 1.82) is 0 Å². The Bertz CT molecular complexity index is 2850. The lowest BCUT2D eigenvalue weighted by atomic mass is 9.75. The van der Waals surface area contributed by atoms with Crippen LogP contribution in [0.15, 0.2) is 169 Å². The zero-order valence-corrected chi connectivity index (χ0v) is 33.3. The molecule has 6 atom stereocenters. The van der Waals surface area contributed by atoms with Crippen LogP contribution in [-0.2, 0) is 5.41 Å². The summed E-state index contributed by atoms with van der Waals surface area (Å²) in [4.78, 5) is 0. The number of allylic oxidation sites excluding steroid dienone is 6. The molecule has 1 aromatic heterocycles. The van der Waals surface area contributed by atoms with E-state index in [4.69, 9.17) is 0 Å². The van der Waals surface area contributed by atoms with Crippen LogP contribution >= 0.6 is 0 Å². The van der Waals surface area contributed by atoms with Gasteiger partial charge in [0.2, 0.25) is 0 Å². The number of benzene rings is 6. The van der Waals surface area contributed by atoms with Crippen LogP contribution in [0.4, 0.5) is 0 Å². The largest absolute Gasteiger partial charge is 0.309 e. The molecule has 2 saturated heterocycles. The number of hydrazine groups is 1. The van der Waals surface area contributed by atoms with Gasteiger partial charge in [-0.1, -0.05) is 153 Å². The van der Waals surface area contributed by atoms with Crippen LogP contribution in [0.5, 0.6) is 0 Å². The molecule has 5 aliphatic rings. The SMILES string of the molecule is CC1(C)C2=C(c3ccccc3-n3c4ccccc4c4cc(-c5ccc(C6N[C@@H](C7CC=CCC7)[N@]7[C@H](c8ccccc8)N67)cc5)ccc43)CCC=C2c2ccccc21. The van der Waals surface area contributed by atoms with Crippen molar-refractivity contribution >= 4 is 33.0 Å². The number of nitrogens with one attached hydrogen (secondary N) is 1. The van der Waals surface area contributed by atoms with E-state index < -0.39 is 0 Å². The first-order chi connectivity index (χ1) is 28.6. The van der Waals surface area contributed by atoms with Gasteiger partial charge < -0.3 is 4.57 Å². The van der Waals surface area contributed by atoms with Gasteiger partial charge in [0, 0.05) is 21.8 Å². The van der Waals surface area contributed by atoms with Gasteiger partial charge in [0.25, 0.3) is 0 Å². The first-order valence-corrected chi connectivity index (χ1v) is 21.4. The lowest BCUT2D eigenvalue weighted by Crippen LogP contribution is -2.40. The lowest BCUT2D eigenvalue weighted by molar-refractivity contribution is 0.219. The second kappa shape index (κ2) is 13.1. The van der Waals surface area contributed by atoms with Crippen molar-refractivity contribution in [3.63, 3.8) is 0 Å². The highest BCUT2D eigenvalue weighted by Crippen LogP contribution is 2.57. The molecule has 3 unspecified atom stereocenters. The molecule has 2 fully saturated rings. The molecule has 6 aromatic carbocycles. The van der Waals surface area contributed by atoms with E-state index in [1.165, 1.54) is 96.0 Å². The van der Waals surface area contributed by atoms with E-state index >= 15 is 0 Å². The fourth-order valence-corrected chi connectivity index (χ4v) is 11.3. The molecule has 4 heteroatoms. The maximum atomic E-state index is 4.06. The number of hydrogen-bond donors (Lipinski definition) is 1. The molecule has 0 radical (unpaired) electrons. The Morgan fingerprint density at radius 2 is 1.36 bits per heavy atom. The zero-order chi connectivity index (χ0) is 38.5. The summed E-state index contributed by atoms with van der Waals surface area (Å²) in [7, 11) is 0. The molecule has 1 N–H and O–H groups in total. The van der Waals surface area contributed by atoms with Gasteiger partial charge in [0.05, 0.1) is 22.9 Å². The summed E-state index contributed by atoms with van der Waals surface area (Å²) in [5, 5.41) is 11.8. The van der Waals surface area contributed by atoms with E-state index in [0.29, 0.717) is 18.2 Å². The van der Waals surface area contributed by atoms with Gasteiger partial charge in [-0.3, -0.25) is 5.32 Å². The predicted octanol–water partition coefficient (Wildman–Crippen LogP) is 12.9. The summed E-state index contributed by atoms with van der Waals surface area (Å²) in [6.45, 7) is 4.83. The molecule has 0 bridgehead atoms. The maximum absolute atomic E-state index is 4.06. The van der Waals surface area contributed by atoms with Crippen LogP contribution < -0.4 is 5.32 Å². The third kappa shape index (κ3) is 5.12. The van der Waals surface area contributed by atoms with Crippen molar-refractivity contribution in [3.8, 4) is 16.8 Å². The number of nitrogens with zero attached hydrogens (tertiary/aromatic N) is 3. The van der Waals surface area contributed by atoms with E-state index in [-0.39, 0.29) is 11.6 Å². The molecular formula is C54H48N4. The summed E-state index contributed by atoms with van der Waals surface area (Å²) in [6, 6.07) is 54.6. The Kier molecular flexibility index (Phi) is 7.75. The first-order valence-electron chi connectivity index (χ1n) is 21.4. The van der Waals surface area contributed by atoms with Gasteiger partial charge in [-0.15, -0.1) is 0 Å². The highest BCUT2D eigenvalue weighted by atomic mass is 15.9. The summed E-state index contributed by atoms with van der Waals surface area (Å²) in [5.74, 6) is 0.618. The Morgan fingerprint density at radius 1 is 0.621 bits per heavy atom. The Morgan fingerprint density at radius 3 is 2.21 bits per heavy atom. The van der Waals surface area contributed by atoms with Crippen molar-refractivity contribution in [3.05, 3.63) is 197 Å². The van der Waals surface area contributed by atoms with Crippen LogP contribution in [-0.4, -0.2) is 20.8 Å². The van der Waals surface area contributed by atoms with E-state index in [1.54, 1.807) is 0 Å². The number of rotatable bonds is 6. The van der Waals surface area contributed by atoms with Crippen LogP contribution in [0.3, 0.4) is 0 Å². The van der Waals surface area contributed by atoms with Crippen molar-refractivity contribution in [1.82, 2.24) is 19.9 Å². The zero-order valence-electron chi connectivity index (χ0n) is 33.3. The van der Waals surface area contributed by atoms with Crippen LogP contribution in [0, 0.1) is 5.92 Å². The minimum atomic E-state index is -0.0574. The summed E-state index contributed by atoms with van der Waals surface area (Å²) < 4.78 is 2.52.